The van der Waals surface area contributed by atoms with Crippen molar-refractivity contribution in [1.29, 1.82) is 0 Å². The number of nitrogens with two attached hydrogens (primary N) is 1. The van der Waals surface area contributed by atoms with Crippen LogP contribution in [0.25, 0.3) is 0 Å². The van der Waals surface area contributed by atoms with E-state index in [-0.39, 0.29) is 24.0 Å². The van der Waals surface area contributed by atoms with Gasteiger partial charge >= 0.3 is 0 Å². The Morgan fingerprint density at radius 3 is 2.04 bits per heavy atom. The Kier molecular flexibility index (Phi) is 6.87. The molecule has 5 heteroatoms. The molecule has 0 heterocycles. The maximum atomic E-state index is 9.78. The molecule has 4 N–H and O–H groups in total. The smallest absolute Gasteiger partial charge is 0.193 e. The second kappa shape index (κ2) is 8.19. The van der Waals surface area contributed by atoms with Gasteiger partial charge in [0, 0.05) is 5.69 Å². The molecule has 0 aliphatic rings. The highest BCUT2D eigenvalue weighted by Crippen LogP contribution is 2.23. The highest BCUT2D eigenvalue weighted by molar-refractivity contribution is 14.0. The lowest BCUT2D eigenvalue weighted by atomic mass is 10.1. The van der Waals surface area contributed by atoms with Gasteiger partial charge in [-0.2, -0.15) is 0 Å². The van der Waals surface area contributed by atoms with E-state index in [0.717, 1.165) is 22.4 Å². The molecule has 2 aromatic carbocycles. The Morgan fingerprint density at radius 1 is 1.00 bits per heavy atom. The first kappa shape index (κ1) is 19.3. The molecule has 2 aromatic rings. The molecule has 0 aliphatic carbocycles. The number of phenolic OH excluding ortho intramolecular Hbond substituents is 1. The van der Waals surface area contributed by atoms with Gasteiger partial charge in [-0.3, -0.25) is 0 Å². The maximum Gasteiger partial charge on any atom is 0.193 e. The van der Waals surface area contributed by atoms with Crippen molar-refractivity contribution in [3.05, 3.63) is 58.1 Å². The van der Waals surface area contributed by atoms with Crippen LogP contribution < -0.4 is 11.1 Å². The molecule has 0 amide bonds. The fraction of sp³-hybridized carbons (Fsp3) is 0.278. The number of hydrogen-bond acceptors (Lipinski definition) is 2. The van der Waals surface area contributed by atoms with Crippen molar-refractivity contribution in [3.8, 4) is 5.75 Å². The average Bonchev–Trinajstić information content (AvgIpc) is 2.41. The van der Waals surface area contributed by atoms with Crippen molar-refractivity contribution in [3.63, 3.8) is 0 Å². The van der Waals surface area contributed by atoms with Crippen molar-refractivity contribution in [2.24, 2.45) is 10.7 Å². The maximum absolute atomic E-state index is 9.78. The first-order chi connectivity index (χ1) is 10.3. The summed E-state index contributed by atoms with van der Waals surface area (Å²) in [6.45, 7) is 8.34. The highest BCUT2D eigenvalue weighted by Gasteiger charge is 2.03. The number of aliphatic imine (C=N–C) groups is 1. The molecule has 0 aliphatic heterocycles. The van der Waals surface area contributed by atoms with Crippen LogP contribution in [-0.2, 0) is 6.54 Å². The quantitative estimate of drug-likeness (QED) is 0.393. The molecular formula is C18H24IN3O. The zero-order valence-electron chi connectivity index (χ0n) is 14.0. The Balaban J connectivity index is 0.00000264. The average molecular weight is 425 g/mol. The number of halogens is 1. The molecule has 0 aromatic heterocycles. The SMILES string of the molecule is Cc1cc(C)cc(NC(N)=NCc2cc(C)c(O)c(C)c2)c1.I. The third kappa shape index (κ3) is 5.42. The predicted molar refractivity (Wildman–Crippen MR) is 108 cm³/mol. The summed E-state index contributed by atoms with van der Waals surface area (Å²) in [6, 6.07) is 10.0. The number of guanidine groups is 1. The predicted octanol–water partition coefficient (Wildman–Crippen LogP) is 4.17. The van der Waals surface area contributed by atoms with Gasteiger partial charge in [0.05, 0.1) is 6.54 Å². The van der Waals surface area contributed by atoms with E-state index in [2.05, 4.69) is 16.4 Å². The minimum absolute atomic E-state index is 0. The highest BCUT2D eigenvalue weighted by atomic mass is 127. The lowest BCUT2D eigenvalue weighted by molar-refractivity contribution is 0.466. The van der Waals surface area contributed by atoms with Crippen molar-refractivity contribution < 1.29 is 5.11 Å². The zero-order chi connectivity index (χ0) is 16.3. The molecule has 23 heavy (non-hydrogen) atoms. The van der Waals surface area contributed by atoms with Crippen LogP contribution in [0.4, 0.5) is 5.69 Å². The van der Waals surface area contributed by atoms with E-state index in [4.69, 9.17) is 5.73 Å². The van der Waals surface area contributed by atoms with Crippen LogP contribution in [0.3, 0.4) is 0 Å². The summed E-state index contributed by atoms with van der Waals surface area (Å²) in [5, 5.41) is 12.9. The molecule has 0 radical (unpaired) electrons. The lowest BCUT2D eigenvalue weighted by Crippen LogP contribution is -2.22. The summed E-state index contributed by atoms with van der Waals surface area (Å²) in [7, 11) is 0. The molecule has 0 atom stereocenters. The second-order valence-electron chi connectivity index (χ2n) is 5.78. The molecule has 0 bridgehead atoms. The van der Waals surface area contributed by atoms with E-state index in [9.17, 15) is 5.11 Å². The van der Waals surface area contributed by atoms with Gasteiger partial charge in [-0.25, -0.2) is 4.99 Å². The molecule has 0 saturated carbocycles. The van der Waals surface area contributed by atoms with Crippen LogP contribution in [-0.4, -0.2) is 11.1 Å². The minimum atomic E-state index is 0. The number of hydrogen-bond donors (Lipinski definition) is 3. The van der Waals surface area contributed by atoms with Gasteiger partial charge in [0.25, 0.3) is 0 Å². The van der Waals surface area contributed by atoms with E-state index in [1.807, 2.05) is 52.0 Å². The number of benzene rings is 2. The third-order valence-electron chi connectivity index (χ3n) is 3.48. The van der Waals surface area contributed by atoms with E-state index < -0.39 is 0 Å². The lowest BCUT2D eigenvalue weighted by Gasteiger charge is -2.09. The van der Waals surface area contributed by atoms with Gasteiger partial charge in [0.1, 0.15) is 5.75 Å². The molecule has 4 nitrogen and oxygen atoms in total. The second-order valence-corrected chi connectivity index (χ2v) is 5.78. The van der Waals surface area contributed by atoms with Gasteiger partial charge in [-0.05, 0) is 67.6 Å². The van der Waals surface area contributed by atoms with Crippen LogP contribution in [0, 0.1) is 27.7 Å². The molecule has 0 fully saturated rings. The molecule has 0 saturated heterocycles. The Labute approximate surface area is 154 Å². The Morgan fingerprint density at radius 2 is 1.52 bits per heavy atom. The van der Waals surface area contributed by atoms with Crippen LogP contribution in [0.15, 0.2) is 35.3 Å². The van der Waals surface area contributed by atoms with Crippen molar-refractivity contribution in [1.82, 2.24) is 0 Å². The summed E-state index contributed by atoms with van der Waals surface area (Å²) in [5.74, 6) is 0.724. The van der Waals surface area contributed by atoms with Crippen molar-refractivity contribution >= 4 is 35.6 Å². The van der Waals surface area contributed by atoms with Gasteiger partial charge in [-0.15, -0.1) is 24.0 Å². The monoisotopic (exact) mass is 425 g/mol. The summed E-state index contributed by atoms with van der Waals surface area (Å²) >= 11 is 0. The third-order valence-corrected chi connectivity index (χ3v) is 3.48. The Bertz CT molecular complexity index is 683. The van der Waals surface area contributed by atoms with Crippen LogP contribution in [0.5, 0.6) is 5.75 Å². The van der Waals surface area contributed by atoms with Crippen LogP contribution in [0.2, 0.25) is 0 Å². The minimum Gasteiger partial charge on any atom is -0.507 e. The van der Waals surface area contributed by atoms with Gasteiger partial charge in [0.15, 0.2) is 5.96 Å². The van der Waals surface area contributed by atoms with E-state index in [1.54, 1.807) is 0 Å². The van der Waals surface area contributed by atoms with E-state index in [0.29, 0.717) is 18.3 Å². The largest absolute Gasteiger partial charge is 0.507 e. The van der Waals surface area contributed by atoms with Gasteiger partial charge in [-0.1, -0.05) is 18.2 Å². The van der Waals surface area contributed by atoms with Crippen molar-refractivity contribution in [2.45, 2.75) is 34.2 Å². The molecule has 124 valence electrons. The zero-order valence-corrected chi connectivity index (χ0v) is 16.3. The van der Waals surface area contributed by atoms with Crippen LogP contribution in [0.1, 0.15) is 27.8 Å². The first-order valence-electron chi connectivity index (χ1n) is 7.29. The Hall–Kier alpha value is -1.76. The molecular weight excluding hydrogens is 401 g/mol. The number of phenols is 1. The van der Waals surface area contributed by atoms with Gasteiger partial charge < -0.3 is 16.2 Å². The summed E-state index contributed by atoms with van der Waals surface area (Å²) < 4.78 is 0. The van der Waals surface area contributed by atoms with Crippen molar-refractivity contribution in [2.75, 3.05) is 5.32 Å². The number of aryl methyl sites for hydroxylation is 4. The summed E-state index contributed by atoms with van der Waals surface area (Å²) in [6.07, 6.45) is 0. The topological polar surface area (TPSA) is 70.6 Å². The number of nitrogens with zero attached hydrogens (tertiary/aromatic N) is 1. The van der Waals surface area contributed by atoms with E-state index in [1.165, 1.54) is 11.1 Å². The number of nitrogens with one attached hydrogen (secondary N) is 1. The molecule has 0 spiro atoms. The number of aromatic hydroxyl groups is 1. The molecule has 0 unspecified atom stereocenters. The molecule has 2 rings (SSSR count). The normalized spacial score (nSPS) is 11.0. The fourth-order valence-electron chi connectivity index (χ4n) is 2.55. The first-order valence-corrected chi connectivity index (χ1v) is 7.29. The fourth-order valence-corrected chi connectivity index (χ4v) is 2.55. The summed E-state index contributed by atoms with van der Waals surface area (Å²) in [5.41, 5.74) is 12.0. The number of rotatable bonds is 3. The number of anilines is 1. The van der Waals surface area contributed by atoms with Crippen LogP contribution >= 0.6 is 24.0 Å². The summed E-state index contributed by atoms with van der Waals surface area (Å²) in [4.78, 5) is 4.36. The van der Waals surface area contributed by atoms with E-state index >= 15 is 0 Å². The van der Waals surface area contributed by atoms with Gasteiger partial charge in [0.2, 0.25) is 0 Å². The standard InChI is InChI=1S/C18H23N3O.HI/c1-11-5-12(2)7-16(6-11)21-18(19)20-10-15-8-13(3)17(22)14(4)9-15;/h5-9,22H,10H2,1-4H3,(H3,19,20,21);1H.